The minimum atomic E-state index is -0.417. The molecular weight excluding hydrogens is 430 g/mol. The third kappa shape index (κ3) is 5.06. The van der Waals surface area contributed by atoms with Crippen molar-refractivity contribution in [2.75, 3.05) is 43.7 Å². The van der Waals surface area contributed by atoms with Gasteiger partial charge in [0.15, 0.2) is 0 Å². The SMILES string of the molecule is COc1nc(N/N=C\c2ccc(-c3cc(C)c(C)cc3[N+](=O)[O-])o2)nc(N2CCOCC2)n1. The summed E-state index contributed by atoms with van der Waals surface area (Å²) in [6, 6.07) is 6.79. The molecule has 0 saturated carbocycles. The molecule has 33 heavy (non-hydrogen) atoms. The average Bonchev–Trinajstić information content (AvgIpc) is 3.29. The zero-order valence-electron chi connectivity index (χ0n) is 18.4. The number of aromatic nitrogens is 3. The minimum absolute atomic E-state index is 0.0120. The fourth-order valence-electron chi connectivity index (χ4n) is 3.26. The highest BCUT2D eigenvalue weighted by molar-refractivity contribution is 5.79. The maximum Gasteiger partial charge on any atom is 0.322 e. The van der Waals surface area contributed by atoms with Crippen molar-refractivity contribution in [1.82, 2.24) is 15.0 Å². The Morgan fingerprint density at radius 3 is 2.67 bits per heavy atom. The molecule has 172 valence electrons. The van der Waals surface area contributed by atoms with Crippen LogP contribution in [-0.2, 0) is 4.74 Å². The van der Waals surface area contributed by atoms with Crippen molar-refractivity contribution in [2.24, 2.45) is 5.10 Å². The van der Waals surface area contributed by atoms with Crippen LogP contribution >= 0.6 is 0 Å². The summed E-state index contributed by atoms with van der Waals surface area (Å²) in [6.45, 7) is 6.23. The first-order valence-electron chi connectivity index (χ1n) is 10.2. The normalized spacial score (nSPS) is 14.0. The van der Waals surface area contributed by atoms with Crippen molar-refractivity contribution in [3.05, 3.63) is 51.3 Å². The number of nitro benzene ring substituents is 1. The van der Waals surface area contributed by atoms with Crippen molar-refractivity contribution in [3.63, 3.8) is 0 Å². The standard InChI is InChI=1S/C21H23N7O5/c1-13-10-16(17(28(29)30)11-14(13)2)18-5-4-15(33-18)12-22-26-19-23-20(25-21(24-19)31-3)27-6-8-32-9-7-27/h4-5,10-12H,6-9H2,1-3H3,(H,23,24,25,26)/b22-12-. The van der Waals surface area contributed by atoms with Crippen LogP contribution in [0.25, 0.3) is 11.3 Å². The van der Waals surface area contributed by atoms with E-state index in [2.05, 4.69) is 25.5 Å². The smallest absolute Gasteiger partial charge is 0.322 e. The van der Waals surface area contributed by atoms with Crippen LogP contribution < -0.4 is 15.1 Å². The Morgan fingerprint density at radius 2 is 1.94 bits per heavy atom. The summed E-state index contributed by atoms with van der Waals surface area (Å²) < 4.78 is 16.3. The first kappa shape index (κ1) is 22.1. The van der Waals surface area contributed by atoms with Crippen molar-refractivity contribution >= 4 is 23.8 Å². The maximum absolute atomic E-state index is 11.5. The molecule has 3 aromatic rings. The molecule has 1 N–H and O–H groups in total. The number of nitrogens with one attached hydrogen (secondary N) is 1. The van der Waals surface area contributed by atoms with Gasteiger partial charge in [0.2, 0.25) is 5.95 Å². The number of morpholine rings is 1. The number of aryl methyl sites for hydroxylation is 2. The van der Waals surface area contributed by atoms with E-state index in [9.17, 15) is 10.1 Å². The van der Waals surface area contributed by atoms with Gasteiger partial charge in [0, 0.05) is 19.2 Å². The molecule has 0 spiro atoms. The number of rotatable bonds is 7. The number of nitrogens with zero attached hydrogens (tertiary/aromatic N) is 6. The monoisotopic (exact) mass is 453 g/mol. The molecule has 1 aliphatic rings. The molecule has 0 unspecified atom stereocenters. The van der Waals surface area contributed by atoms with Crippen molar-refractivity contribution < 1.29 is 18.8 Å². The molecule has 1 aliphatic heterocycles. The van der Waals surface area contributed by atoms with Gasteiger partial charge < -0.3 is 18.8 Å². The topological polar surface area (TPSA) is 141 Å². The highest BCUT2D eigenvalue weighted by atomic mass is 16.6. The fourth-order valence-corrected chi connectivity index (χ4v) is 3.26. The van der Waals surface area contributed by atoms with E-state index in [0.717, 1.165) is 11.1 Å². The molecular formula is C21H23N7O5. The number of nitro groups is 1. The second kappa shape index (κ2) is 9.61. The van der Waals surface area contributed by atoms with Crippen LogP contribution in [-0.4, -0.2) is 59.5 Å². The first-order valence-corrected chi connectivity index (χ1v) is 10.2. The van der Waals surface area contributed by atoms with Crippen molar-refractivity contribution in [1.29, 1.82) is 0 Å². The number of ether oxygens (including phenoxy) is 2. The lowest BCUT2D eigenvalue weighted by Gasteiger charge is -2.26. The Morgan fingerprint density at radius 1 is 1.18 bits per heavy atom. The Kier molecular flexibility index (Phi) is 6.45. The van der Waals surface area contributed by atoms with Gasteiger partial charge in [-0.3, -0.25) is 10.1 Å². The van der Waals surface area contributed by atoms with Gasteiger partial charge in [0.1, 0.15) is 11.5 Å². The Balaban J connectivity index is 1.52. The summed E-state index contributed by atoms with van der Waals surface area (Å²) in [5.74, 6) is 1.45. The van der Waals surface area contributed by atoms with Crippen LogP contribution in [0.3, 0.4) is 0 Å². The van der Waals surface area contributed by atoms with E-state index in [1.54, 1.807) is 24.3 Å². The van der Waals surface area contributed by atoms with Gasteiger partial charge in [-0.1, -0.05) is 0 Å². The van der Waals surface area contributed by atoms with Gasteiger partial charge >= 0.3 is 6.01 Å². The summed E-state index contributed by atoms with van der Waals surface area (Å²) in [4.78, 5) is 25.8. The molecule has 0 radical (unpaired) electrons. The number of hydrogen-bond acceptors (Lipinski definition) is 11. The predicted octanol–water partition coefficient (Wildman–Crippen LogP) is 2.95. The molecule has 3 heterocycles. The van der Waals surface area contributed by atoms with E-state index < -0.39 is 4.92 Å². The third-order valence-electron chi connectivity index (χ3n) is 5.14. The van der Waals surface area contributed by atoms with Crippen LogP contribution in [0, 0.1) is 24.0 Å². The molecule has 1 saturated heterocycles. The maximum atomic E-state index is 11.5. The molecule has 12 nitrogen and oxygen atoms in total. The summed E-state index contributed by atoms with van der Waals surface area (Å²) >= 11 is 0. The lowest BCUT2D eigenvalue weighted by molar-refractivity contribution is -0.384. The second-order valence-electron chi connectivity index (χ2n) is 7.33. The predicted molar refractivity (Wildman–Crippen MR) is 121 cm³/mol. The zero-order chi connectivity index (χ0) is 23.4. The van der Waals surface area contributed by atoms with Crippen molar-refractivity contribution in [2.45, 2.75) is 13.8 Å². The van der Waals surface area contributed by atoms with E-state index in [-0.39, 0.29) is 17.6 Å². The van der Waals surface area contributed by atoms with E-state index >= 15 is 0 Å². The number of furan rings is 1. The van der Waals surface area contributed by atoms with Gasteiger partial charge in [-0.2, -0.15) is 20.1 Å². The van der Waals surface area contributed by atoms with E-state index in [1.807, 2.05) is 18.7 Å². The van der Waals surface area contributed by atoms with Gasteiger partial charge in [-0.05, 0) is 43.2 Å². The lowest BCUT2D eigenvalue weighted by Crippen LogP contribution is -2.37. The Labute approximate surface area is 189 Å². The molecule has 12 heteroatoms. The van der Waals surface area contributed by atoms with E-state index in [1.165, 1.54) is 13.3 Å². The summed E-state index contributed by atoms with van der Waals surface area (Å²) in [5, 5.41) is 15.6. The van der Waals surface area contributed by atoms with Crippen LogP contribution in [0.4, 0.5) is 17.6 Å². The number of hydrazone groups is 1. The molecule has 0 atom stereocenters. The molecule has 0 bridgehead atoms. The third-order valence-corrected chi connectivity index (χ3v) is 5.14. The highest BCUT2D eigenvalue weighted by Crippen LogP contribution is 2.33. The quantitative estimate of drug-likeness (QED) is 0.322. The Hall–Kier alpha value is -4.06. The van der Waals surface area contributed by atoms with Crippen LogP contribution in [0.5, 0.6) is 6.01 Å². The summed E-state index contributed by atoms with van der Waals surface area (Å²) in [6.07, 6.45) is 1.43. The van der Waals surface area contributed by atoms with Gasteiger partial charge in [0.25, 0.3) is 11.6 Å². The molecule has 1 aromatic carbocycles. The average molecular weight is 453 g/mol. The summed E-state index contributed by atoms with van der Waals surface area (Å²) in [7, 11) is 1.47. The number of anilines is 2. The summed E-state index contributed by atoms with van der Waals surface area (Å²) in [5.41, 5.74) is 4.92. The van der Waals surface area contributed by atoms with E-state index in [4.69, 9.17) is 13.9 Å². The molecule has 0 amide bonds. The number of benzene rings is 1. The highest BCUT2D eigenvalue weighted by Gasteiger charge is 2.20. The largest absolute Gasteiger partial charge is 0.467 e. The number of methoxy groups -OCH3 is 1. The Bertz CT molecular complexity index is 1190. The van der Waals surface area contributed by atoms with Gasteiger partial charge in [-0.25, -0.2) is 5.43 Å². The van der Waals surface area contributed by atoms with Crippen LogP contribution in [0.1, 0.15) is 16.9 Å². The minimum Gasteiger partial charge on any atom is -0.467 e. The van der Waals surface area contributed by atoms with Gasteiger partial charge in [-0.15, -0.1) is 0 Å². The first-order chi connectivity index (χ1) is 15.9. The van der Waals surface area contributed by atoms with Gasteiger partial charge in [0.05, 0.1) is 37.0 Å². The van der Waals surface area contributed by atoms with Crippen LogP contribution in [0.15, 0.2) is 33.8 Å². The fraction of sp³-hybridized carbons (Fsp3) is 0.333. The zero-order valence-corrected chi connectivity index (χ0v) is 18.4. The van der Waals surface area contributed by atoms with E-state index in [0.29, 0.717) is 49.3 Å². The molecule has 1 fully saturated rings. The second-order valence-corrected chi connectivity index (χ2v) is 7.33. The molecule has 0 aliphatic carbocycles. The lowest BCUT2D eigenvalue weighted by atomic mass is 10.0. The van der Waals surface area contributed by atoms with Crippen LogP contribution in [0.2, 0.25) is 0 Å². The number of hydrogen-bond donors (Lipinski definition) is 1. The van der Waals surface area contributed by atoms with Crippen molar-refractivity contribution in [3.8, 4) is 17.3 Å². The molecule has 4 rings (SSSR count). The molecule has 2 aromatic heterocycles.